The van der Waals surface area contributed by atoms with Crippen LogP contribution in [0.2, 0.25) is 10.0 Å². The molecule has 45 heavy (non-hydrogen) atoms. The van der Waals surface area contributed by atoms with E-state index in [0.29, 0.717) is 5.57 Å². The van der Waals surface area contributed by atoms with Crippen LogP contribution < -0.4 is 9.47 Å². The van der Waals surface area contributed by atoms with Gasteiger partial charge in [-0.1, -0.05) is 41.4 Å². The highest BCUT2D eigenvalue weighted by atomic mass is 35.5. The SMILES string of the molecule is C=C1C(=O)OC2C1CCC(C)=CCCC1(C)OC21.COC(=O)c1c(C)c2c(c(C)c1O)OC(=O)c1c(C)c(Cl)c(O)c(Cl)c1O2. The number of rotatable bonds is 1. The lowest BCUT2D eigenvalue weighted by molar-refractivity contribution is -0.140. The third-order valence-electron chi connectivity index (χ3n) is 8.97. The van der Waals surface area contributed by atoms with Crippen LogP contribution in [0.15, 0.2) is 23.8 Å². The topological polar surface area (TPSA) is 141 Å². The van der Waals surface area contributed by atoms with Gasteiger partial charge in [0.05, 0.1) is 17.7 Å². The maximum atomic E-state index is 12.7. The van der Waals surface area contributed by atoms with Gasteiger partial charge in [-0.05, 0) is 65.9 Å². The van der Waals surface area contributed by atoms with E-state index in [9.17, 15) is 24.6 Å². The molecule has 0 saturated carbocycles. The molecule has 4 unspecified atom stereocenters. The summed E-state index contributed by atoms with van der Waals surface area (Å²) in [6.45, 7) is 12.6. The zero-order valence-electron chi connectivity index (χ0n) is 25.8. The summed E-state index contributed by atoms with van der Waals surface area (Å²) in [4.78, 5) is 36.5. The Labute approximate surface area is 270 Å². The molecule has 2 N–H and O–H groups in total. The molecule has 2 aromatic rings. The number of benzene rings is 2. The Morgan fingerprint density at radius 1 is 0.978 bits per heavy atom. The Balaban J connectivity index is 0.000000192. The molecule has 6 rings (SSSR count). The molecule has 2 aromatic carbocycles. The molecule has 10 nitrogen and oxygen atoms in total. The van der Waals surface area contributed by atoms with Gasteiger partial charge in [-0.3, -0.25) is 0 Å². The molecule has 1 aliphatic carbocycles. The Morgan fingerprint density at radius 2 is 1.64 bits per heavy atom. The summed E-state index contributed by atoms with van der Waals surface area (Å²) in [6, 6.07) is 0. The van der Waals surface area contributed by atoms with E-state index in [1.54, 1.807) is 0 Å². The first-order valence-corrected chi connectivity index (χ1v) is 15.2. The quantitative estimate of drug-likeness (QED) is 0.106. The predicted octanol–water partition coefficient (Wildman–Crippen LogP) is 7.20. The average molecular weight is 662 g/mol. The fourth-order valence-corrected chi connectivity index (χ4v) is 6.55. The summed E-state index contributed by atoms with van der Waals surface area (Å²) in [7, 11) is 1.17. The Morgan fingerprint density at radius 3 is 2.31 bits per heavy atom. The van der Waals surface area contributed by atoms with Gasteiger partial charge in [0.2, 0.25) is 0 Å². The van der Waals surface area contributed by atoms with Gasteiger partial charge in [-0.25, -0.2) is 14.4 Å². The van der Waals surface area contributed by atoms with Gasteiger partial charge < -0.3 is 33.9 Å². The van der Waals surface area contributed by atoms with Gasteiger partial charge in [0.1, 0.15) is 34.1 Å². The second-order valence-electron chi connectivity index (χ2n) is 11.9. The van der Waals surface area contributed by atoms with E-state index in [1.807, 2.05) is 0 Å². The van der Waals surface area contributed by atoms with Crippen molar-refractivity contribution in [1.82, 2.24) is 0 Å². The zero-order chi connectivity index (χ0) is 33.1. The van der Waals surface area contributed by atoms with Crippen molar-refractivity contribution in [2.24, 2.45) is 5.92 Å². The summed E-state index contributed by atoms with van der Waals surface area (Å²) >= 11 is 12.2. The van der Waals surface area contributed by atoms with Gasteiger partial charge in [-0.15, -0.1) is 0 Å². The number of aromatic hydroxyl groups is 2. The molecular formula is C33H34Cl2O10. The first-order valence-electron chi connectivity index (χ1n) is 14.4. The van der Waals surface area contributed by atoms with E-state index < -0.39 is 23.4 Å². The number of carbonyl (C=O) groups excluding carboxylic acids is 3. The number of carbonyl (C=O) groups is 3. The van der Waals surface area contributed by atoms with Crippen molar-refractivity contribution in [3.63, 3.8) is 0 Å². The smallest absolute Gasteiger partial charge is 0.347 e. The van der Waals surface area contributed by atoms with Gasteiger partial charge in [0.25, 0.3) is 0 Å². The first-order chi connectivity index (χ1) is 21.1. The molecule has 0 bridgehead atoms. The molecule has 4 atom stereocenters. The molecule has 3 aliphatic heterocycles. The van der Waals surface area contributed by atoms with Gasteiger partial charge >= 0.3 is 17.9 Å². The highest BCUT2D eigenvalue weighted by molar-refractivity contribution is 6.39. The third-order valence-corrected chi connectivity index (χ3v) is 9.78. The standard InChI is InChI=1S/C18H14Cl2O7.C15H20O3/c1-5-9-16(11(20)13(22)10(5)19)26-14-6(2)8(17(23)25-4)12(21)7(3)15(14)27-18(9)24;1-9-5-4-8-15(3)13(18-15)12-11(7-6-9)10(2)14(16)17-12/h21-22H,1-4H3;5,11-13H,2,4,6-8H2,1,3H3. The lowest BCUT2D eigenvalue weighted by atomic mass is 9.84. The largest absolute Gasteiger partial charge is 0.507 e. The van der Waals surface area contributed by atoms with Crippen molar-refractivity contribution < 1.29 is 48.3 Å². The molecule has 240 valence electrons. The van der Waals surface area contributed by atoms with Gasteiger partial charge in [0, 0.05) is 22.6 Å². The summed E-state index contributed by atoms with van der Waals surface area (Å²) in [5.41, 5.74) is 2.18. The Kier molecular flexibility index (Phi) is 8.63. The molecule has 2 fully saturated rings. The number of fused-ring (bicyclic) bond motifs is 5. The number of ether oxygens (including phenoxy) is 5. The summed E-state index contributed by atoms with van der Waals surface area (Å²) in [5, 5.41) is 20.1. The fraction of sp³-hybridized carbons (Fsp3) is 0.424. The number of esters is 3. The minimum atomic E-state index is -0.835. The number of allylic oxidation sites excluding steroid dienone is 2. The van der Waals surface area contributed by atoms with Crippen LogP contribution in [-0.2, 0) is 19.0 Å². The number of phenols is 2. The predicted molar refractivity (Wildman–Crippen MR) is 165 cm³/mol. The number of phenolic OH excluding ortho intramolecular Hbond substituents is 2. The Bertz CT molecular complexity index is 1690. The maximum absolute atomic E-state index is 12.7. The first kappa shape index (κ1) is 32.7. The van der Waals surface area contributed by atoms with E-state index in [1.165, 1.54) is 33.5 Å². The average Bonchev–Trinajstić information content (AvgIpc) is 3.63. The molecule has 12 heteroatoms. The van der Waals surface area contributed by atoms with Crippen molar-refractivity contribution in [2.75, 3.05) is 7.11 Å². The summed E-state index contributed by atoms with van der Waals surface area (Å²) in [6.07, 6.45) is 6.25. The molecule has 0 amide bonds. The van der Waals surface area contributed by atoms with Crippen LogP contribution in [0.4, 0.5) is 0 Å². The van der Waals surface area contributed by atoms with Crippen molar-refractivity contribution >= 4 is 41.1 Å². The second kappa shape index (κ2) is 11.9. The normalized spacial score (nSPS) is 24.9. The number of methoxy groups -OCH3 is 1. The molecule has 3 heterocycles. The second-order valence-corrected chi connectivity index (χ2v) is 12.7. The summed E-state index contributed by atoms with van der Waals surface area (Å²) < 4.78 is 27.2. The van der Waals surface area contributed by atoms with E-state index in [4.69, 9.17) is 46.9 Å². The lowest BCUT2D eigenvalue weighted by Crippen LogP contribution is -2.28. The number of halogens is 2. The zero-order valence-corrected chi connectivity index (χ0v) is 27.3. The van der Waals surface area contributed by atoms with E-state index in [-0.39, 0.29) is 84.8 Å². The minimum absolute atomic E-state index is 0.0131. The van der Waals surface area contributed by atoms with Crippen LogP contribution in [0.25, 0.3) is 0 Å². The van der Waals surface area contributed by atoms with E-state index in [2.05, 4.69) is 26.5 Å². The molecule has 4 aliphatic rings. The van der Waals surface area contributed by atoms with E-state index >= 15 is 0 Å². The third kappa shape index (κ3) is 5.53. The number of hydrogen-bond acceptors (Lipinski definition) is 10. The molecule has 0 radical (unpaired) electrons. The molecule has 0 aromatic heterocycles. The van der Waals surface area contributed by atoms with Gasteiger partial charge in [0.15, 0.2) is 23.0 Å². The van der Waals surface area contributed by atoms with Crippen molar-refractivity contribution in [3.05, 3.63) is 61.7 Å². The van der Waals surface area contributed by atoms with Crippen molar-refractivity contribution in [1.29, 1.82) is 0 Å². The monoisotopic (exact) mass is 660 g/mol. The van der Waals surface area contributed by atoms with Crippen LogP contribution >= 0.6 is 23.2 Å². The van der Waals surface area contributed by atoms with Crippen LogP contribution in [0.1, 0.15) is 76.9 Å². The molecule has 0 spiro atoms. The Hall–Kier alpha value is -3.73. The molecule has 2 saturated heterocycles. The highest BCUT2D eigenvalue weighted by Crippen LogP contribution is 2.53. The summed E-state index contributed by atoms with van der Waals surface area (Å²) in [5.74, 6) is -2.84. The maximum Gasteiger partial charge on any atom is 0.347 e. The minimum Gasteiger partial charge on any atom is -0.507 e. The van der Waals surface area contributed by atoms with Crippen molar-refractivity contribution in [3.8, 4) is 28.7 Å². The van der Waals surface area contributed by atoms with Crippen LogP contribution in [0.3, 0.4) is 0 Å². The van der Waals surface area contributed by atoms with Crippen LogP contribution in [-0.4, -0.2) is 53.0 Å². The van der Waals surface area contributed by atoms with Gasteiger partial charge in [-0.2, -0.15) is 0 Å². The highest BCUT2D eigenvalue weighted by Gasteiger charge is 2.61. The van der Waals surface area contributed by atoms with Crippen molar-refractivity contribution in [2.45, 2.75) is 78.1 Å². The van der Waals surface area contributed by atoms with E-state index in [0.717, 1.165) is 25.7 Å². The fourth-order valence-electron chi connectivity index (χ4n) is 6.09. The lowest BCUT2D eigenvalue weighted by Gasteiger charge is -2.19. The van der Waals surface area contributed by atoms with Crippen LogP contribution in [0.5, 0.6) is 28.7 Å². The number of hydrogen-bond donors (Lipinski definition) is 2. The van der Waals surface area contributed by atoms with Crippen LogP contribution in [0, 0.1) is 26.7 Å². The number of epoxide rings is 1. The molecular weight excluding hydrogens is 627 g/mol.